The van der Waals surface area contributed by atoms with Gasteiger partial charge >= 0.3 is 0 Å². The van der Waals surface area contributed by atoms with E-state index in [-0.39, 0.29) is 0 Å². The van der Waals surface area contributed by atoms with E-state index in [1.54, 1.807) is 0 Å². The predicted octanol–water partition coefficient (Wildman–Crippen LogP) is 1.04. The van der Waals surface area contributed by atoms with Gasteiger partial charge in [0, 0.05) is 20.2 Å². The molecule has 4 atom stereocenters. The molecule has 0 spiro atoms. The summed E-state index contributed by atoms with van der Waals surface area (Å²) in [5.74, 6) is 0.885. The lowest BCUT2D eigenvalue weighted by Crippen LogP contribution is -2.49. The van der Waals surface area contributed by atoms with Crippen LogP contribution in [-0.2, 0) is 9.47 Å². The first-order valence-electron chi connectivity index (χ1n) is 7.59. The van der Waals surface area contributed by atoms with E-state index in [0.29, 0.717) is 24.4 Å². The molecule has 3 fully saturated rings. The van der Waals surface area contributed by atoms with E-state index in [0.717, 1.165) is 32.0 Å². The highest BCUT2D eigenvalue weighted by Gasteiger charge is 2.41. The summed E-state index contributed by atoms with van der Waals surface area (Å²) in [6, 6.07) is 0.428. The molecule has 0 aliphatic carbocycles. The molecule has 19 heavy (non-hydrogen) atoms. The molecule has 0 radical (unpaired) electrons. The maximum Gasteiger partial charge on any atom is 0.191 e. The topological polar surface area (TPSA) is 54.9 Å². The van der Waals surface area contributed by atoms with Gasteiger partial charge in [0.05, 0.1) is 24.4 Å². The van der Waals surface area contributed by atoms with Crippen LogP contribution in [0.5, 0.6) is 0 Å². The minimum absolute atomic E-state index is 0.337. The Morgan fingerprint density at radius 1 is 1.26 bits per heavy atom. The van der Waals surface area contributed by atoms with Crippen LogP contribution in [0.3, 0.4) is 0 Å². The van der Waals surface area contributed by atoms with Crippen molar-refractivity contribution in [3.8, 4) is 0 Å². The largest absolute Gasteiger partial charge is 0.376 e. The van der Waals surface area contributed by atoms with Crippen molar-refractivity contribution in [2.45, 2.75) is 62.9 Å². The minimum Gasteiger partial charge on any atom is -0.376 e. The molecular weight excluding hydrogens is 242 g/mol. The lowest BCUT2D eigenvalue weighted by Gasteiger charge is -2.26. The summed E-state index contributed by atoms with van der Waals surface area (Å²) in [4.78, 5) is 4.30. The highest BCUT2D eigenvalue weighted by molar-refractivity contribution is 5.80. The maximum atomic E-state index is 5.85. The van der Waals surface area contributed by atoms with E-state index in [4.69, 9.17) is 9.47 Å². The second-order valence-corrected chi connectivity index (χ2v) is 5.80. The molecule has 3 aliphatic rings. The normalized spacial score (nSPS) is 38.5. The van der Waals surface area contributed by atoms with Gasteiger partial charge in [-0.1, -0.05) is 0 Å². The summed E-state index contributed by atoms with van der Waals surface area (Å²) in [6.45, 7) is 1.75. The van der Waals surface area contributed by atoms with Gasteiger partial charge in [-0.15, -0.1) is 0 Å². The molecule has 3 aliphatic heterocycles. The van der Waals surface area contributed by atoms with Gasteiger partial charge in [0.15, 0.2) is 5.96 Å². The van der Waals surface area contributed by atoms with Gasteiger partial charge < -0.3 is 20.1 Å². The number of fused-ring (bicyclic) bond motifs is 2. The van der Waals surface area contributed by atoms with Crippen LogP contribution in [0.2, 0.25) is 0 Å². The van der Waals surface area contributed by atoms with Gasteiger partial charge in [-0.25, -0.2) is 0 Å². The molecule has 3 saturated heterocycles. The fourth-order valence-electron chi connectivity index (χ4n) is 3.34. The molecule has 0 aromatic rings. The average Bonchev–Trinajstić information content (AvgIpc) is 3.07. The highest BCUT2D eigenvalue weighted by atomic mass is 16.5. The van der Waals surface area contributed by atoms with Crippen molar-refractivity contribution in [3.05, 3.63) is 0 Å². The number of nitrogens with zero attached hydrogens (tertiary/aromatic N) is 1. The quantitative estimate of drug-likeness (QED) is 0.592. The van der Waals surface area contributed by atoms with E-state index in [1.165, 1.54) is 25.7 Å². The monoisotopic (exact) mass is 267 g/mol. The summed E-state index contributed by atoms with van der Waals surface area (Å²) in [7, 11) is 1.82. The van der Waals surface area contributed by atoms with Crippen molar-refractivity contribution < 1.29 is 9.47 Å². The van der Waals surface area contributed by atoms with E-state index in [2.05, 4.69) is 15.6 Å². The van der Waals surface area contributed by atoms with Crippen LogP contribution in [0.4, 0.5) is 0 Å². The predicted molar refractivity (Wildman–Crippen MR) is 74.4 cm³/mol. The van der Waals surface area contributed by atoms with Gasteiger partial charge in [-0.3, -0.25) is 4.99 Å². The minimum atomic E-state index is 0.337. The molecule has 0 aromatic carbocycles. The first-order chi connectivity index (χ1) is 9.35. The lowest BCUT2D eigenvalue weighted by atomic mass is 9.96. The van der Waals surface area contributed by atoms with Crippen LogP contribution in [-0.4, -0.2) is 50.5 Å². The molecule has 3 heterocycles. The number of hydrogen-bond acceptors (Lipinski definition) is 3. The standard InChI is InChI=1S/C14H25N3O2/c1-15-14(16-9-11-4-2-3-7-18-11)17-12-8-10-5-6-13(12)19-10/h10-13H,2-9H2,1H3,(H2,15,16,17). The van der Waals surface area contributed by atoms with Crippen molar-refractivity contribution in [2.24, 2.45) is 4.99 Å². The van der Waals surface area contributed by atoms with E-state index in [1.807, 2.05) is 7.05 Å². The third-order valence-electron chi connectivity index (χ3n) is 4.42. The number of guanidine groups is 1. The SMILES string of the molecule is CN=C(NCC1CCCCO1)NC1CC2CCC1O2. The molecular formula is C14H25N3O2. The number of nitrogens with one attached hydrogen (secondary N) is 2. The first-order valence-corrected chi connectivity index (χ1v) is 7.59. The Labute approximate surface area is 115 Å². The Bertz CT molecular complexity index is 329. The maximum absolute atomic E-state index is 5.85. The first kappa shape index (κ1) is 13.2. The Morgan fingerprint density at radius 2 is 2.21 bits per heavy atom. The molecule has 0 saturated carbocycles. The summed E-state index contributed by atoms with van der Waals surface area (Å²) in [5, 5.41) is 6.88. The van der Waals surface area contributed by atoms with Crippen molar-refractivity contribution >= 4 is 5.96 Å². The second kappa shape index (κ2) is 6.09. The van der Waals surface area contributed by atoms with Gasteiger partial charge in [0.2, 0.25) is 0 Å². The van der Waals surface area contributed by atoms with Crippen molar-refractivity contribution in [3.63, 3.8) is 0 Å². The van der Waals surface area contributed by atoms with E-state index >= 15 is 0 Å². The smallest absolute Gasteiger partial charge is 0.191 e. The number of ether oxygens (including phenoxy) is 2. The Kier molecular flexibility index (Phi) is 4.23. The molecule has 0 aromatic heterocycles. The van der Waals surface area contributed by atoms with Crippen molar-refractivity contribution in [1.82, 2.24) is 10.6 Å². The second-order valence-electron chi connectivity index (χ2n) is 5.80. The zero-order valence-corrected chi connectivity index (χ0v) is 11.7. The molecule has 0 amide bonds. The Hall–Kier alpha value is -0.810. The zero-order valence-electron chi connectivity index (χ0n) is 11.7. The Balaban J connectivity index is 1.43. The Morgan fingerprint density at radius 3 is 2.84 bits per heavy atom. The van der Waals surface area contributed by atoms with Crippen LogP contribution in [0.25, 0.3) is 0 Å². The van der Waals surface area contributed by atoms with E-state index in [9.17, 15) is 0 Å². The molecule has 108 valence electrons. The fourth-order valence-corrected chi connectivity index (χ4v) is 3.34. The third-order valence-corrected chi connectivity index (χ3v) is 4.42. The van der Waals surface area contributed by atoms with Gasteiger partial charge in [0.25, 0.3) is 0 Å². The third kappa shape index (κ3) is 3.20. The number of aliphatic imine (C=N–C) groups is 1. The summed E-state index contributed by atoms with van der Waals surface area (Å²) in [5.41, 5.74) is 0. The van der Waals surface area contributed by atoms with Crippen LogP contribution in [0, 0.1) is 0 Å². The molecule has 2 N–H and O–H groups in total. The van der Waals surface area contributed by atoms with Gasteiger partial charge in [0.1, 0.15) is 0 Å². The summed E-state index contributed by atoms with van der Waals surface area (Å²) < 4.78 is 11.6. The van der Waals surface area contributed by atoms with Crippen LogP contribution < -0.4 is 10.6 Å². The number of rotatable bonds is 3. The molecule has 3 rings (SSSR count). The highest BCUT2D eigenvalue weighted by Crippen LogP contribution is 2.34. The van der Waals surface area contributed by atoms with Crippen molar-refractivity contribution in [1.29, 1.82) is 0 Å². The number of hydrogen-bond donors (Lipinski definition) is 2. The summed E-state index contributed by atoms with van der Waals surface area (Å²) in [6.07, 6.45) is 8.35. The lowest BCUT2D eigenvalue weighted by molar-refractivity contribution is 0.0194. The summed E-state index contributed by atoms with van der Waals surface area (Å²) >= 11 is 0. The van der Waals surface area contributed by atoms with Crippen LogP contribution in [0.1, 0.15) is 38.5 Å². The molecule has 2 bridgehead atoms. The van der Waals surface area contributed by atoms with Crippen LogP contribution >= 0.6 is 0 Å². The average molecular weight is 267 g/mol. The fraction of sp³-hybridized carbons (Fsp3) is 0.929. The van der Waals surface area contributed by atoms with Gasteiger partial charge in [-0.05, 0) is 38.5 Å². The zero-order chi connectivity index (χ0) is 13.1. The van der Waals surface area contributed by atoms with Crippen LogP contribution in [0.15, 0.2) is 4.99 Å². The molecule has 4 unspecified atom stereocenters. The molecule has 5 nitrogen and oxygen atoms in total. The van der Waals surface area contributed by atoms with Gasteiger partial charge in [-0.2, -0.15) is 0 Å². The molecule has 5 heteroatoms. The van der Waals surface area contributed by atoms with Crippen molar-refractivity contribution in [2.75, 3.05) is 20.2 Å². The van der Waals surface area contributed by atoms with E-state index < -0.39 is 0 Å².